The largest absolute Gasteiger partial charge is 1.00 e. The van der Waals surface area contributed by atoms with E-state index in [4.69, 9.17) is 4.74 Å². The van der Waals surface area contributed by atoms with Gasteiger partial charge in [0, 0.05) is 0 Å². The van der Waals surface area contributed by atoms with E-state index < -0.39 is 29.1 Å². The summed E-state index contributed by atoms with van der Waals surface area (Å²) in [6.07, 6.45) is 1.82. The molecule has 1 unspecified atom stereocenters. The number of hydrogen-bond donors (Lipinski definition) is 0. The van der Waals surface area contributed by atoms with Gasteiger partial charge in [0.2, 0.25) is 0 Å². The number of ether oxygens (including phenoxy) is 1. The van der Waals surface area contributed by atoms with Crippen molar-refractivity contribution in [3.8, 4) is 11.5 Å². The first-order valence-electron chi connectivity index (χ1n) is 8.92. The van der Waals surface area contributed by atoms with E-state index in [2.05, 4.69) is 6.92 Å². The molecular weight excluding hydrogens is 521 g/mol. The predicted octanol–water partition coefficient (Wildman–Crippen LogP) is -6.45. The van der Waals surface area contributed by atoms with Crippen molar-refractivity contribution in [3.63, 3.8) is 0 Å². The smallest absolute Gasteiger partial charge is 0.810 e. The van der Waals surface area contributed by atoms with Crippen LogP contribution in [0.4, 0.5) is 0 Å². The number of aryl methyl sites for hydroxylation is 2. The molecule has 0 aliphatic heterocycles. The molecule has 12 heteroatoms. The summed E-state index contributed by atoms with van der Waals surface area (Å²) < 4.78 is 49.9. The van der Waals surface area contributed by atoms with Crippen LogP contribution >= 0.6 is 7.60 Å². The molecule has 0 aromatic heterocycles. The van der Waals surface area contributed by atoms with Crippen molar-refractivity contribution in [2.75, 3.05) is 0 Å². The van der Waals surface area contributed by atoms with Gasteiger partial charge in [-0.05, 0) is 61.1 Å². The van der Waals surface area contributed by atoms with Crippen molar-refractivity contribution in [1.29, 1.82) is 0 Å². The Balaban J connectivity index is 0. The second-order valence-electron chi connectivity index (χ2n) is 6.53. The van der Waals surface area contributed by atoms with E-state index in [0.29, 0.717) is 17.9 Å². The monoisotopic (exact) mass is 542 g/mol. The van der Waals surface area contributed by atoms with Gasteiger partial charge >= 0.3 is 154 Å². The molecular formula is C19H22K3O7PS. The van der Waals surface area contributed by atoms with E-state index in [9.17, 15) is 27.3 Å². The normalized spacial score (nSPS) is 12.0. The molecule has 0 saturated heterocycles. The van der Waals surface area contributed by atoms with Gasteiger partial charge in [0.25, 0.3) is 0 Å². The quantitative estimate of drug-likeness (QED) is 0.166. The van der Waals surface area contributed by atoms with Gasteiger partial charge in [-0.1, -0.05) is 45.2 Å². The standard InChI is InChI=1S/C19H25O7PS.3K/c1-2-6-15-7-3-10-17(13-15)26-18-11-4-8-16(14-18)9-5-12-19(27(20,21)22)28(23,24)25;;;/h3-4,7-8,10-11,13-14,19H,2,5-6,9,12H2,1H3,(H2,20,21,22)(H,23,24,25);;;/q;3*+1/p-3. The third-order valence-electron chi connectivity index (χ3n) is 4.17. The Morgan fingerprint density at radius 3 is 1.84 bits per heavy atom. The molecule has 0 radical (unpaired) electrons. The number of rotatable bonds is 10. The van der Waals surface area contributed by atoms with Crippen molar-refractivity contribution < 1.29 is 186 Å². The average Bonchev–Trinajstić information content (AvgIpc) is 2.57. The second-order valence-corrected chi connectivity index (χ2v) is 10.1. The Hall–Kier alpha value is 3.21. The fraction of sp³-hybridized carbons (Fsp3) is 0.368. The van der Waals surface area contributed by atoms with Gasteiger partial charge in [0.05, 0.1) is 4.99 Å². The summed E-state index contributed by atoms with van der Waals surface area (Å²) in [4.78, 5) is 19.6. The first kappa shape index (κ1) is 36.4. The predicted molar refractivity (Wildman–Crippen MR) is 101 cm³/mol. The summed E-state index contributed by atoms with van der Waals surface area (Å²) in [5.74, 6) is 1.27. The Morgan fingerprint density at radius 2 is 1.42 bits per heavy atom. The van der Waals surface area contributed by atoms with E-state index in [1.807, 2.05) is 24.3 Å². The summed E-state index contributed by atoms with van der Waals surface area (Å²) in [5, 5.41) is 0. The van der Waals surface area contributed by atoms with E-state index in [0.717, 1.165) is 18.4 Å². The van der Waals surface area contributed by atoms with Crippen LogP contribution in [0.25, 0.3) is 0 Å². The Bertz CT molecular complexity index is 951. The topological polar surface area (TPSA) is 130 Å². The average molecular weight is 543 g/mol. The Labute approximate surface area is 312 Å². The van der Waals surface area contributed by atoms with Gasteiger partial charge in [0.15, 0.2) is 0 Å². The molecule has 0 fully saturated rings. The van der Waals surface area contributed by atoms with E-state index >= 15 is 0 Å². The molecule has 0 aliphatic carbocycles. The van der Waals surface area contributed by atoms with Crippen molar-refractivity contribution in [2.45, 2.75) is 44.0 Å². The minimum absolute atomic E-state index is 0. The van der Waals surface area contributed by atoms with Crippen LogP contribution in [-0.4, -0.2) is 18.0 Å². The van der Waals surface area contributed by atoms with Crippen molar-refractivity contribution in [1.82, 2.24) is 0 Å². The third kappa shape index (κ3) is 13.9. The summed E-state index contributed by atoms with van der Waals surface area (Å²) in [6.45, 7) is 2.10. The van der Waals surface area contributed by atoms with Gasteiger partial charge in [-0.2, -0.15) is 0 Å². The van der Waals surface area contributed by atoms with Crippen LogP contribution in [0.5, 0.6) is 11.5 Å². The van der Waals surface area contributed by atoms with Crippen LogP contribution in [0.1, 0.15) is 37.3 Å². The summed E-state index contributed by atoms with van der Waals surface area (Å²) in [7, 11) is -10.7. The zero-order valence-electron chi connectivity index (χ0n) is 18.4. The van der Waals surface area contributed by atoms with Crippen LogP contribution in [0.2, 0.25) is 0 Å². The first-order chi connectivity index (χ1) is 13.1. The molecule has 7 nitrogen and oxygen atoms in total. The van der Waals surface area contributed by atoms with Gasteiger partial charge in [0.1, 0.15) is 21.6 Å². The second kappa shape index (κ2) is 17.6. The van der Waals surface area contributed by atoms with Crippen molar-refractivity contribution in [3.05, 3.63) is 59.7 Å². The van der Waals surface area contributed by atoms with Crippen LogP contribution in [0.3, 0.4) is 0 Å². The molecule has 0 saturated carbocycles. The molecule has 0 spiro atoms. The minimum Gasteiger partial charge on any atom is -0.810 e. The number of hydrogen-bond acceptors (Lipinski definition) is 7. The van der Waals surface area contributed by atoms with Crippen LogP contribution in [0, 0.1) is 0 Å². The summed E-state index contributed by atoms with van der Waals surface area (Å²) in [5.41, 5.74) is 1.94. The summed E-state index contributed by atoms with van der Waals surface area (Å²) in [6, 6.07) is 14.8. The maximum Gasteiger partial charge on any atom is 1.00 e. The molecule has 2 aromatic rings. The maximum absolute atomic E-state index is 11.0. The van der Waals surface area contributed by atoms with E-state index in [1.165, 1.54) is 5.56 Å². The van der Waals surface area contributed by atoms with E-state index in [1.54, 1.807) is 24.3 Å². The molecule has 2 aromatic carbocycles. The van der Waals surface area contributed by atoms with Crippen LogP contribution < -0.4 is 169 Å². The molecule has 31 heavy (non-hydrogen) atoms. The zero-order valence-corrected chi connectivity index (χ0v) is 29.5. The molecule has 0 bridgehead atoms. The molecule has 0 aliphatic rings. The van der Waals surface area contributed by atoms with Gasteiger partial charge in [-0.15, -0.1) is 0 Å². The van der Waals surface area contributed by atoms with Gasteiger partial charge in [-0.25, -0.2) is 8.42 Å². The SMILES string of the molecule is CCCc1cccc(Oc2cccc(CCCC(P(=O)([O-])[O-])S(=O)(=O)[O-])c2)c1.[K+].[K+].[K+]. The molecule has 0 amide bonds. The third-order valence-corrected chi connectivity index (χ3v) is 7.59. The zero-order chi connectivity index (χ0) is 20.8. The fourth-order valence-electron chi connectivity index (χ4n) is 2.90. The molecule has 0 heterocycles. The molecule has 1 atom stereocenters. The fourth-order valence-corrected chi connectivity index (χ4v) is 5.11. The Morgan fingerprint density at radius 1 is 0.935 bits per heavy atom. The van der Waals surface area contributed by atoms with Crippen molar-refractivity contribution >= 4 is 17.7 Å². The first-order valence-corrected chi connectivity index (χ1v) is 12.0. The van der Waals surface area contributed by atoms with Gasteiger partial charge in [-0.3, -0.25) is 0 Å². The maximum atomic E-state index is 11.0. The molecule has 0 N–H and O–H groups in total. The Kier molecular flexibility index (Phi) is 20.7. The van der Waals surface area contributed by atoms with Crippen molar-refractivity contribution in [2.24, 2.45) is 0 Å². The van der Waals surface area contributed by atoms with Crippen LogP contribution in [0.15, 0.2) is 48.5 Å². The van der Waals surface area contributed by atoms with Crippen LogP contribution in [-0.2, 0) is 27.5 Å². The number of benzene rings is 2. The summed E-state index contributed by atoms with van der Waals surface area (Å²) >= 11 is 0. The van der Waals surface area contributed by atoms with E-state index in [-0.39, 0.29) is 161 Å². The van der Waals surface area contributed by atoms with Gasteiger partial charge < -0.3 is 23.6 Å². The minimum atomic E-state index is -5.51. The molecule has 154 valence electrons. The molecule has 2 rings (SSSR count).